The zero-order valence-electron chi connectivity index (χ0n) is 5.10. The van der Waals surface area contributed by atoms with Crippen LogP contribution in [0.4, 0.5) is 0 Å². The van der Waals surface area contributed by atoms with Crippen molar-refractivity contribution < 1.29 is 17.3 Å². The van der Waals surface area contributed by atoms with Crippen LogP contribution in [-0.4, -0.2) is 26.0 Å². The smallest absolute Gasteiger partial charge is 0.368 e. The van der Waals surface area contributed by atoms with Crippen molar-refractivity contribution in [2.45, 2.75) is 0 Å². The minimum absolute atomic E-state index is 0.252. The molecule has 60 valence electrons. The van der Waals surface area contributed by atoms with Gasteiger partial charge in [0.25, 0.3) is 0 Å². The second kappa shape index (κ2) is 3.34. The molecule has 0 atom stereocenters. The maximum atomic E-state index is 9.81. The summed E-state index contributed by atoms with van der Waals surface area (Å²) in [7, 11) is -3.19. The highest BCUT2D eigenvalue weighted by atomic mass is 32.3. The van der Waals surface area contributed by atoms with E-state index in [9.17, 15) is 8.42 Å². The summed E-state index contributed by atoms with van der Waals surface area (Å²) >= 11 is 0. The van der Waals surface area contributed by atoms with Crippen LogP contribution in [0.15, 0.2) is 4.99 Å². The van der Waals surface area contributed by atoms with Gasteiger partial charge >= 0.3 is 10.4 Å². The van der Waals surface area contributed by atoms with Crippen LogP contribution in [0.1, 0.15) is 0 Å². The first-order valence-corrected chi connectivity index (χ1v) is 3.46. The van der Waals surface area contributed by atoms with Crippen LogP contribution in [-0.2, 0) is 14.7 Å². The average Bonchev–Trinajstić information content (AvgIpc) is 1.81. The number of aliphatic imine (C=N–C) groups is 1. The normalized spacial score (nSPS) is 13.2. The zero-order chi connectivity index (χ0) is 8.20. The molecule has 0 saturated carbocycles. The third-order valence-corrected chi connectivity index (χ3v) is 0.786. The number of hydrogen-bond donors (Lipinski definition) is 3. The van der Waals surface area contributed by atoms with Gasteiger partial charge in [-0.25, -0.2) is 5.48 Å². The van der Waals surface area contributed by atoms with Gasteiger partial charge in [0, 0.05) is 7.05 Å². The Kier molecular flexibility index (Phi) is 3.06. The summed E-state index contributed by atoms with van der Waals surface area (Å²) in [6.45, 7) is 0. The van der Waals surface area contributed by atoms with Gasteiger partial charge in [-0.1, -0.05) is 0 Å². The van der Waals surface area contributed by atoms with Crippen LogP contribution in [0, 0.1) is 0 Å². The molecule has 0 unspecified atom stereocenters. The fourth-order valence-electron chi connectivity index (χ4n) is 0.141. The number of nitrogens with one attached hydrogen (secondary N) is 1. The van der Waals surface area contributed by atoms with E-state index in [1.165, 1.54) is 7.05 Å². The van der Waals surface area contributed by atoms with Crippen LogP contribution in [0.5, 0.6) is 0 Å². The van der Waals surface area contributed by atoms with Gasteiger partial charge in [-0.2, -0.15) is 8.42 Å². The summed E-state index contributed by atoms with van der Waals surface area (Å²) < 4.78 is 31.2. The third kappa shape index (κ3) is 5.28. The highest BCUT2D eigenvalue weighted by molar-refractivity contribution is 7.80. The predicted octanol–water partition coefficient (Wildman–Crippen LogP) is -1.75. The molecule has 0 saturated heterocycles. The van der Waals surface area contributed by atoms with Gasteiger partial charge < -0.3 is 5.73 Å². The van der Waals surface area contributed by atoms with Crippen LogP contribution >= 0.6 is 0 Å². The monoisotopic (exact) mass is 169 g/mol. The van der Waals surface area contributed by atoms with Crippen LogP contribution < -0.4 is 11.2 Å². The Morgan fingerprint density at radius 2 is 2.30 bits per heavy atom. The Hall–Kier alpha value is -0.860. The minimum Gasteiger partial charge on any atom is -0.368 e. The average molecular weight is 169 g/mol. The lowest BCUT2D eigenvalue weighted by molar-refractivity contribution is 0.225. The van der Waals surface area contributed by atoms with Crippen molar-refractivity contribution in [3.63, 3.8) is 0 Å². The second-order valence-corrected chi connectivity index (χ2v) is 2.24. The number of hydrogen-bond acceptors (Lipinski definition) is 4. The molecule has 0 aliphatic rings. The molecule has 0 heterocycles. The van der Waals surface area contributed by atoms with E-state index in [4.69, 9.17) is 10.3 Å². The van der Waals surface area contributed by atoms with Crippen molar-refractivity contribution in [2.75, 3.05) is 7.05 Å². The lowest BCUT2D eigenvalue weighted by atomic mass is 11.0. The summed E-state index contributed by atoms with van der Waals surface area (Å²) in [6, 6.07) is 0. The van der Waals surface area contributed by atoms with E-state index in [1.807, 2.05) is 0 Å². The van der Waals surface area contributed by atoms with E-state index < -0.39 is 10.4 Å². The first kappa shape index (κ1) is 9.14. The van der Waals surface area contributed by atoms with E-state index >= 15 is 0 Å². The first-order valence-electron chi connectivity index (χ1n) is 2.10. The van der Waals surface area contributed by atoms with Crippen molar-refractivity contribution in [2.24, 2.45) is 10.7 Å². The molecule has 0 fully saturated rings. The van der Waals surface area contributed by atoms with Crippen molar-refractivity contribution in [3.8, 4) is 0 Å². The quantitative estimate of drug-likeness (QED) is 0.195. The molecule has 0 radical (unpaired) electrons. The highest BCUT2D eigenvalue weighted by Crippen LogP contribution is 1.77. The van der Waals surface area contributed by atoms with E-state index in [1.54, 1.807) is 5.48 Å². The van der Waals surface area contributed by atoms with Gasteiger partial charge in [0.1, 0.15) is 0 Å². The van der Waals surface area contributed by atoms with Crippen molar-refractivity contribution >= 4 is 16.4 Å². The van der Waals surface area contributed by atoms with Gasteiger partial charge in [-0.3, -0.25) is 9.55 Å². The van der Waals surface area contributed by atoms with Crippen LogP contribution in [0.25, 0.3) is 0 Å². The van der Waals surface area contributed by atoms with Crippen LogP contribution in [0.2, 0.25) is 0 Å². The molecule has 0 aliphatic heterocycles. The van der Waals surface area contributed by atoms with Gasteiger partial charge in [0.2, 0.25) is 5.96 Å². The third-order valence-electron chi connectivity index (χ3n) is 0.492. The van der Waals surface area contributed by atoms with Crippen LogP contribution in [0.3, 0.4) is 0 Å². The molecule has 0 bridgehead atoms. The Balaban J connectivity index is 3.79. The number of guanidine groups is 1. The van der Waals surface area contributed by atoms with Crippen molar-refractivity contribution in [3.05, 3.63) is 0 Å². The van der Waals surface area contributed by atoms with Gasteiger partial charge in [0.05, 0.1) is 0 Å². The number of nitrogens with two attached hydrogens (primary N) is 1. The molecule has 0 spiro atoms. The summed E-state index contributed by atoms with van der Waals surface area (Å²) in [5.41, 5.74) is 6.58. The molecule has 0 aromatic heterocycles. The van der Waals surface area contributed by atoms with Crippen molar-refractivity contribution in [1.29, 1.82) is 0 Å². The Morgan fingerprint density at radius 1 is 1.80 bits per heavy atom. The molecule has 10 heavy (non-hydrogen) atoms. The standard InChI is InChI=1S/C2H7N3O4S/c1-4-2(3)5-9-10(6,7)8/h1H3,(H3,3,4,5)(H,6,7,8). The Morgan fingerprint density at radius 3 is 2.60 bits per heavy atom. The van der Waals surface area contributed by atoms with Gasteiger partial charge in [-0.05, 0) is 0 Å². The fraction of sp³-hybridized carbons (Fsp3) is 0.500. The molecule has 0 amide bonds. The molecule has 0 aliphatic carbocycles. The number of nitrogens with zero attached hydrogens (tertiary/aromatic N) is 1. The number of rotatable bonds is 2. The molecule has 7 nitrogen and oxygen atoms in total. The molecular formula is C2H7N3O4S. The predicted molar refractivity (Wildman–Crippen MR) is 33.3 cm³/mol. The maximum absolute atomic E-state index is 9.81. The number of hydroxylamine groups is 1. The summed E-state index contributed by atoms with van der Waals surface area (Å²) in [5.74, 6) is -0.252. The van der Waals surface area contributed by atoms with Gasteiger partial charge in [0.15, 0.2) is 0 Å². The van der Waals surface area contributed by atoms with E-state index in [-0.39, 0.29) is 5.96 Å². The summed E-state index contributed by atoms with van der Waals surface area (Å²) in [4.78, 5) is 3.27. The molecule has 8 heteroatoms. The molecular weight excluding hydrogens is 162 g/mol. The Labute approximate surface area is 57.8 Å². The second-order valence-electron chi connectivity index (χ2n) is 1.22. The molecule has 4 N–H and O–H groups in total. The van der Waals surface area contributed by atoms with E-state index in [2.05, 4.69) is 9.28 Å². The lowest BCUT2D eigenvalue weighted by Crippen LogP contribution is -2.33. The summed E-state index contributed by atoms with van der Waals surface area (Å²) in [6.07, 6.45) is 0. The van der Waals surface area contributed by atoms with E-state index in [0.717, 1.165) is 0 Å². The summed E-state index contributed by atoms with van der Waals surface area (Å²) in [5, 5.41) is 0. The van der Waals surface area contributed by atoms with E-state index in [0.29, 0.717) is 0 Å². The highest BCUT2D eigenvalue weighted by Gasteiger charge is 2.03. The largest absolute Gasteiger partial charge is 0.418 e. The zero-order valence-corrected chi connectivity index (χ0v) is 5.92. The molecule has 0 aromatic rings. The molecule has 0 rings (SSSR count). The first-order chi connectivity index (χ1) is 4.45. The fourth-order valence-corrected chi connectivity index (χ4v) is 0.332. The Bertz CT molecular complexity index is 219. The van der Waals surface area contributed by atoms with Crippen molar-refractivity contribution in [1.82, 2.24) is 5.48 Å². The maximum Gasteiger partial charge on any atom is 0.418 e. The minimum atomic E-state index is -4.50. The topological polar surface area (TPSA) is 114 Å². The van der Waals surface area contributed by atoms with Gasteiger partial charge in [-0.15, -0.1) is 4.28 Å². The lowest BCUT2D eigenvalue weighted by Gasteiger charge is -1.99. The SMILES string of the molecule is CN=C(N)NOS(=O)(=O)O. The molecule has 0 aromatic carbocycles.